The molecule has 3 nitrogen and oxygen atoms in total. The minimum absolute atomic E-state index is 0.0226. The molecule has 19 heavy (non-hydrogen) atoms. The van der Waals surface area contributed by atoms with Crippen LogP contribution < -0.4 is 0 Å². The minimum atomic E-state index is -0.138. The van der Waals surface area contributed by atoms with E-state index in [9.17, 15) is 9.59 Å². The van der Waals surface area contributed by atoms with Crippen LogP contribution in [-0.2, 0) is 0 Å². The summed E-state index contributed by atoms with van der Waals surface area (Å²) in [7, 11) is 0. The van der Waals surface area contributed by atoms with Crippen LogP contribution in [0, 0.1) is 0 Å². The summed E-state index contributed by atoms with van der Waals surface area (Å²) in [5.41, 5.74) is 2.14. The van der Waals surface area contributed by atoms with E-state index in [0.717, 1.165) is 5.56 Å². The van der Waals surface area contributed by atoms with Gasteiger partial charge in [-0.15, -0.1) is 11.8 Å². The molecule has 0 saturated heterocycles. The summed E-state index contributed by atoms with van der Waals surface area (Å²) in [6.07, 6.45) is 1.65. The molecule has 0 aromatic heterocycles. The Bertz CT molecular complexity index is 599. The van der Waals surface area contributed by atoms with Crippen LogP contribution in [0.5, 0.6) is 0 Å². The van der Waals surface area contributed by atoms with Gasteiger partial charge in [-0.2, -0.15) is 0 Å². The number of ketones is 2. The highest BCUT2D eigenvalue weighted by molar-refractivity contribution is 8.04. The molecule has 0 amide bonds. The molecule has 98 valence electrons. The SMILES string of the molecule is C=Cc1ccc2c(c1)C(=O)C(C)=C(SCCO)C2=O. The third-order valence-electron chi connectivity index (χ3n) is 2.99. The normalized spacial score (nSPS) is 14.6. The molecular formula is C15H14O3S. The standard InChI is InChI=1S/C15H14O3S/c1-3-10-4-5-11-12(8-10)13(17)9(2)15(14(11)18)19-7-6-16/h3-5,8,16H,1,6-7H2,2H3. The van der Waals surface area contributed by atoms with E-state index in [0.29, 0.717) is 27.4 Å². The summed E-state index contributed by atoms with van der Waals surface area (Å²) in [6.45, 7) is 5.29. The molecule has 0 radical (unpaired) electrons. The maximum absolute atomic E-state index is 12.3. The highest BCUT2D eigenvalue weighted by atomic mass is 32.2. The van der Waals surface area contributed by atoms with E-state index in [4.69, 9.17) is 5.11 Å². The van der Waals surface area contributed by atoms with E-state index in [1.807, 2.05) is 0 Å². The zero-order chi connectivity index (χ0) is 14.0. The number of carbonyl (C=O) groups is 2. The number of carbonyl (C=O) groups excluding carboxylic acids is 2. The molecule has 1 N–H and O–H groups in total. The first-order valence-electron chi connectivity index (χ1n) is 5.90. The molecule has 0 aliphatic heterocycles. The van der Waals surface area contributed by atoms with Crippen LogP contribution in [0.25, 0.3) is 6.08 Å². The number of benzene rings is 1. The number of fused-ring (bicyclic) bond motifs is 1. The van der Waals surface area contributed by atoms with Crippen molar-refractivity contribution in [3.05, 3.63) is 51.9 Å². The van der Waals surface area contributed by atoms with Gasteiger partial charge in [-0.3, -0.25) is 9.59 Å². The fourth-order valence-electron chi connectivity index (χ4n) is 1.99. The molecule has 0 bridgehead atoms. The fourth-order valence-corrected chi connectivity index (χ4v) is 2.84. The van der Waals surface area contributed by atoms with Crippen LogP contribution in [0.1, 0.15) is 33.2 Å². The summed E-state index contributed by atoms with van der Waals surface area (Å²) in [5, 5.41) is 8.85. The summed E-state index contributed by atoms with van der Waals surface area (Å²) in [5.74, 6) is 0.145. The first-order chi connectivity index (χ1) is 9.10. The molecule has 1 aromatic rings. The van der Waals surface area contributed by atoms with Crippen LogP contribution in [0.3, 0.4) is 0 Å². The van der Waals surface area contributed by atoms with E-state index in [1.165, 1.54) is 11.8 Å². The first-order valence-corrected chi connectivity index (χ1v) is 6.89. The Balaban J connectivity index is 2.50. The third-order valence-corrected chi connectivity index (χ3v) is 4.16. The maximum atomic E-state index is 12.3. The van der Waals surface area contributed by atoms with E-state index >= 15 is 0 Å². The number of allylic oxidation sites excluding steroid dienone is 2. The number of thioether (sulfide) groups is 1. The minimum Gasteiger partial charge on any atom is -0.396 e. The van der Waals surface area contributed by atoms with Crippen molar-refractivity contribution in [2.45, 2.75) is 6.92 Å². The largest absolute Gasteiger partial charge is 0.396 e. The molecule has 0 atom stereocenters. The van der Waals surface area contributed by atoms with Crippen LogP contribution in [0.15, 0.2) is 35.3 Å². The molecular weight excluding hydrogens is 260 g/mol. The Kier molecular flexibility index (Phi) is 4.02. The highest BCUT2D eigenvalue weighted by Gasteiger charge is 2.29. The van der Waals surface area contributed by atoms with E-state index < -0.39 is 0 Å². The van der Waals surface area contributed by atoms with Gasteiger partial charge < -0.3 is 5.11 Å². The van der Waals surface area contributed by atoms with Gasteiger partial charge in [0.05, 0.1) is 11.5 Å². The number of hydrogen-bond acceptors (Lipinski definition) is 4. The second kappa shape index (κ2) is 5.55. The lowest BCUT2D eigenvalue weighted by molar-refractivity contribution is 0.0981. The van der Waals surface area contributed by atoms with Crippen molar-refractivity contribution in [2.24, 2.45) is 0 Å². The van der Waals surface area contributed by atoms with Crippen molar-refractivity contribution in [1.82, 2.24) is 0 Å². The van der Waals surface area contributed by atoms with Gasteiger partial charge in [-0.25, -0.2) is 0 Å². The summed E-state index contributed by atoms with van der Waals surface area (Å²) in [4.78, 5) is 25.1. The molecule has 1 aromatic carbocycles. The first kappa shape index (κ1) is 13.8. The van der Waals surface area contributed by atoms with Crippen LogP contribution in [0.2, 0.25) is 0 Å². The predicted molar refractivity (Wildman–Crippen MR) is 77.4 cm³/mol. The maximum Gasteiger partial charge on any atom is 0.200 e. The van der Waals surface area contributed by atoms with Crippen LogP contribution >= 0.6 is 11.8 Å². The van der Waals surface area contributed by atoms with E-state index in [2.05, 4.69) is 6.58 Å². The van der Waals surface area contributed by atoms with Gasteiger partial charge in [0.15, 0.2) is 11.6 Å². The number of hydrogen-bond donors (Lipinski definition) is 1. The molecule has 0 unspecified atom stereocenters. The molecule has 1 aliphatic rings. The van der Waals surface area contributed by atoms with Crippen molar-refractivity contribution >= 4 is 29.4 Å². The van der Waals surface area contributed by atoms with E-state index in [1.54, 1.807) is 31.2 Å². The lowest BCUT2D eigenvalue weighted by Crippen LogP contribution is -2.20. The number of rotatable bonds is 4. The Morgan fingerprint density at radius 2 is 2.00 bits per heavy atom. The fraction of sp³-hybridized carbons (Fsp3) is 0.200. The van der Waals surface area contributed by atoms with Gasteiger partial charge in [-0.05, 0) is 24.6 Å². The van der Waals surface area contributed by atoms with Crippen molar-refractivity contribution in [2.75, 3.05) is 12.4 Å². The third kappa shape index (κ3) is 2.41. The summed E-state index contributed by atoms with van der Waals surface area (Å²) in [6, 6.07) is 5.13. The van der Waals surface area contributed by atoms with Gasteiger partial charge in [0.1, 0.15) is 0 Å². The Hall–Kier alpha value is -1.65. The molecule has 1 aliphatic carbocycles. The molecule has 0 spiro atoms. The van der Waals surface area contributed by atoms with Crippen molar-refractivity contribution < 1.29 is 14.7 Å². The van der Waals surface area contributed by atoms with E-state index in [-0.39, 0.29) is 18.2 Å². The van der Waals surface area contributed by atoms with Gasteiger partial charge in [0, 0.05) is 22.5 Å². The van der Waals surface area contributed by atoms with Gasteiger partial charge in [-0.1, -0.05) is 18.7 Å². The monoisotopic (exact) mass is 274 g/mol. The zero-order valence-electron chi connectivity index (χ0n) is 10.6. The quantitative estimate of drug-likeness (QED) is 0.917. The smallest absolute Gasteiger partial charge is 0.200 e. The number of Topliss-reactive ketones (excluding diaryl/α,β-unsaturated/α-hetero) is 2. The lowest BCUT2D eigenvalue weighted by atomic mass is 9.89. The summed E-state index contributed by atoms with van der Waals surface area (Å²) >= 11 is 1.23. The Morgan fingerprint density at radius 1 is 1.26 bits per heavy atom. The number of aliphatic hydroxyl groups excluding tert-OH is 1. The predicted octanol–water partition coefficient (Wildman–Crippen LogP) is 2.71. The molecule has 0 fully saturated rings. The highest BCUT2D eigenvalue weighted by Crippen LogP contribution is 2.33. The van der Waals surface area contributed by atoms with Crippen molar-refractivity contribution in [3.63, 3.8) is 0 Å². The summed E-state index contributed by atoms with van der Waals surface area (Å²) < 4.78 is 0. The Morgan fingerprint density at radius 3 is 2.63 bits per heavy atom. The lowest BCUT2D eigenvalue weighted by Gasteiger charge is -2.18. The molecule has 4 heteroatoms. The molecule has 2 rings (SSSR count). The average Bonchev–Trinajstić information content (AvgIpc) is 2.44. The van der Waals surface area contributed by atoms with Gasteiger partial charge >= 0.3 is 0 Å². The molecule has 0 saturated carbocycles. The van der Waals surface area contributed by atoms with Crippen LogP contribution in [0.4, 0.5) is 0 Å². The number of aliphatic hydroxyl groups is 1. The van der Waals surface area contributed by atoms with Gasteiger partial charge in [0.2, 0.25) is 0 Å². The topological polar surface area (TPSA) is 54.4 Å². The van der Waals surface area contributed by atoms with Gasteiger partial charge in [0.25, 0.3) is 0 Å². The Labute approximate surface area is 116 Å². The van der Waals surface area contributed by atoms with Crippen molar-refractivity contribution in [3.8, 4) is 0 Å². The average molecular weight is 274 g/mol. The van der Waals surface area contributed by atoms with Crippen LogP contribution in [-0.4, -0.2) is 29.0 Å². The second-order valence-electron chi connectivity index (χ2n) is 4.19. The molecule has 0 heterocycles. The van der Waals surface area contributed by atoms with Crippen molar-refractivity contribution in [1.29, 1.82) is 0 Å². The second-order valence-corrected chi connectivity index (χ2v) is 5.30. The zero-order valence-corrected chi connectivity index (χ0v) is 11.4.